The van der Waals surface area contributed by atoms with Crippen molar-refractivity contribution >= 4 is 47.0 Å². The number of benzene rings is 1. The first kappa shape index (κ1) is 29.4. The Morgan fingerprint density at radius 3 is 2.62 bits per heavy atom. The third kappa shape index (κ3) is 9.26. The lowest BCUT2D eigenvalue weighted by molar-refractivity contribution is -0.130. The Bertz CT molecular complexity index is 976. The molecular formula is C26H36Cl2N4O5. The maximum absolute atomic E-state index is 12.7. The van der Waals surface area contributed by atoms with E-state index in [2.05, 4.69) is 4.90 Å². The minimum atomic E-state index is -0.485. The Morgan fingerprint density at radius 2 is 1.89 bits per heavy atom. The smallest absolute Gasteiger partial charge is 0.246 e. The minimum Gasteiger partial charge on any atom is -0.395 e. The second-order valence-corrected chi connectivity index (χ2v) is 10.3. The molecule has 2 saturated heterocycles. The van der Waals surface area contributed by atoms with Crippen LogP contribution >= 0.6 is 23.2 Å². The number of aliphatic hydroxyl groups excluding tert-OH is 1. The van der Waals surface area contributed by atoms with Crippen LogP contribution in [0.2, 0.25) is 10.0 Å². The maximum atomic E-state index is 12.7. The van der Waals surface area contributed by atoms with Crippen LogP contribution in [0.4, 0.5) is 0 Å². The number of nitrogens with zero attached hydrogens (tertiary/aromatic N) is 3. The monoisotopic (exact) mass is 554 g/mol. The lowest BCUT2D eigenvalue weighted by Gasteiger charge is -2.38. The van der Waals surface area contributed by atoms with Gasteiger partial charge in [-0.25, -0.2) is 0 Å². The summed E-state index contributed by atoms with van der Waals surface area (Å²) in [6, 6.07) is 5.24. The summed E-state index contributed by atoms with van der Waals surface area (Å²) >= 11 is 12.0. The van der Waals surface area contributed by atoms with Crippen LogP contribution in [0, 0.1) is 0 Å². The van der Waals surface area contributed by atoms with Gasteiger partial charge in [0.2, 0.25) is 17.7 Å². The number of ether oxygens (including phenoxy) is 1. The molecule has 37 heavy (non-hydrogen) atoms. The fourth-order valence-corrected chi connectivity index (χ4v) is 5.02. The molecule has 204 valence electrons. The zero-order chi connectivity index (χ0) is 26.8. The molecule has 11 heteroatoms. The highest BCUT2D eigenvalue weighted by atomic mass is 35.5. The number of unbranched alkanes of at least 4 members (excludes halogenated alkanes) is 1. The summed E-state index contributed by atoms with van der Waals surface area (Å²) in [5.74, 6) is -0.579. The highest BCUT2D eigenvalue weighted by Crippen LogP contribution is 2.23. The molecule has 0 aliphatic carbocycles. The molecule has 2 aliphatic rings. The Kier molecular flexibility index (Phi) is 11.7. The van der Waals surface area contributed by atoms with E-state index >= 15 is 0 Å². The van der Waals surface area contributed by atoms with Gasteiger partial charge in [-0.1, -0.05) is 29.3 Å². The molecule has 2 aliphatic heterocycles. The number of hydrogen-bond acceptors (Lipinski definition) is 6. The SMILES string of the molecule is NC(=O)COC1CCC(CO)N(CCCCN2CCN(C(=O)C=Cc3ccc(Cl)c(Cl)c3)CCC2=O)C1. The van der Waals surface area contributed by atoms with Gasteiger partial charge in [0.1, 0.15) is 6.61 Å². The number of hydrogen-bond donors (Lipinski definition) is 2. The van der Waals surface area contributed by atoms with Crippen LogP contribution in [0.25, 0.3) is 6.08 Å². The molecule has 9 nitrogen and oxygen atoms in total. The zero-order valence-electron chi connectivity index (χ0n) is 21.0. The van der Waals surface area contributed by atoms with E-state index in [1.807, 2.05) is 4.90 Å². The fourth-order valence-electron chi connectivity index (χ4n) is 4.71. The van der Waals surface area contributed by atoms with E-state index in [1.165, 1.54) is 6.08 Å². The second kappa shape index (κ2) is 14.7. The molecule has 3 N–H and O–H groups in total. The lowest BCUT2D eigenvalue weighted by atomic mass is 10.00. The fraction of sp³-hybridized carbons (Fsp3) is 0.577. The van der Waals surface area contributed by atoms with Gasteiger partial charge in [-0.2, -0.15) is 0 Å². The first-order chi connectivity index (χ1) is 17.8. The number of aliphatic hydroxyl groups is 1. The van der Waals surface area contributed by atoms with Crippen molar-refractivity contribution in [1.29, 1.82) is 0 Å². The highest BCUT2D eigenvalue weighted by molar-refractivity contribution is 6.42. The third-order valence-corrected chi connectivity index (χ3v) is 7.57. The molecule has 3 rings (SSSR count). The molecule has 0 saturated carbocycles. The Morgan fingerprint density at radius 1 is 1.11 bits per heavy atom. The summed E-state index contributed by atoms with van der Waals surface area (Å²) in [7, 11) is 0. The number of nitrogens with two attached hydrogens (primary N) is 1. The summed E-state index contributed by atoms with van der Waals surface area (Å²) in [4.78, 5) is 42.0. The van der Waals surface area contributed by atoms with Crippen LogP contribution in [0.15, 0.2) is 24.3 Å². The molecule has 0 radical (unpaired) electrons. The number of carbonyl (C=O) groups is 3. The van der Waals surface area contributed by atoms with Crippen molar-refractivity contribution in [3.63, 3.8) is 0 Å². The molecule has 2 fully saturated rings. The Labute approximate surface area is 228 Å². The maximum Gasteiger partial charge on any atom is 0.246 e. The molecule has 3 amide bonds. The number of piperidine rings is 1. The summed E-state index contributed by atoms with van der Waals surface area (Å²) in [5, 5.41) is 10.6. The quantitative estimate of drug-likeness (QED) is 0.320. The zero-order valence-corrected chi connectivity index (χ0v) is 22.5. The van der Waals surface area contributed by atoms with Crippen molar-refractivity contribution in [3.05, 3.63) is 39.9 Å². The number of primary amides is 1. The topological polar surface area (TPSA) is 116 Å². The number of amides is 3. The van der Waals surface area contributed by atoms with E-state index in [1.54, 1.807) is 29.2 Å². The van der Waals surface area contributed by atoms with Crippen molar-refractivity contribution in [1.82, 2.24) is 14.7 Å². The van der Waals surface area contributed by atoms with Gasteiger partial charge in [0.05, 0.1) is 22.8 Å². The standard InChI is InChI=1S/C26H36Cl2N4O5/c27-22-7-3-19(15-23(22)28)4-8-25(35)31-12-9-26(36)30(13-14-31)10-1-2-11-32-16-21(37-18-24(29)34)6-5-20(32)17-33/h3-4,7-8,15,20-21,33H,1-2,5-6,9-14,16-18H2,(H2,29,34). The Hall–Kier alpha value is -2.17. The van der Waals surface area contributed by atoms with Crippen molar-refractivity contribution in [2.75, 3.05) is 52.5 Å². The van der Waals surface area contributed by atoms with Gasteiger partial charge in [-0.05, 0) is 56.0 Å². The predicted molar refractivity (Wildman–Crippen MR) is 143 cm³/mol. The van der Waals surface area contributed by atoms with E-state index in [0.29, 0.717) is 49.2 Å². The lowest BCUT2D eigenvalue weighted by Crippen LogP contribution is -2.49. The summed E-state index contributed by atoms with van der Waals surface area (Å²) in [6.45, 7) is 3.39. The van der Waals surface area contributed by atoms with Crippen LogP contribution < -0.4 is 5.73 Å². The Balaban J connectivity index is 1.42. The van der Waals surface area contributed by atoms with Gasteiger partial charge >= 0.3 is 0 Å². The van der Waals surface area contributed by atoms with Gasteiger partial charge in [-0.15, -0.1) is 0 Å². The van der Waals surface area contributed by atoms with Gasteiger partial charge in [0.15, 0.2) is 0 Å². The first-order valence-corrected chi connectivity index (χ1v) is 13.5. The van der Waals surface area contributed by atoms with Gasteiger partial charge in [0.25, 0.3) is 0 Å². The summed E-state index contributed by atoms with van der Waals surface area (Å²) in [5.41, 5.74) is 5.96. The van der Waals surface area contributed by atoms with Gasteiger partial charge in [0, 0.05) is 51.3 Å². The molecule has 2 heterocycles. The molecule has 0 spiro atoms. The largest absolute Gasteiger partial charge is 0.395 e. The van der Waals surface area contributed by atoms with E-state index in [4.69, 9.17) is 33.7 Å². The van der Waals surface area contributed by atoms with Crippen LogP contribution in [0.1, 0.15) is 37.7 Å². The number of halogens is 2. The second-order valence-electron chi connectivity index (χ2n) is 9.48. The number of likely N-dealkylation sites (tertiary alicyclic amines) is 1. The molecule has 1 aromatic rings. The van der Waals surface area contributed by atoms with Crippen LogP contribution in [-0.4, -0.2) is 102 Å². The average Bonchev–Trinajstić information content (AvgIpc) is 3.07. The van der Waals surface area contributed by atoms with E-state index < -0.39 is 5.91 Å². The van der Waals surface area contributed by atoms with Crippen molar-refractivity contribution in [3.8, 4) is 0 Å². The van der Waals surface area contributed by atoms with Crippen LogP contribution in [-0.2, 0) is 19.1 Å². The first-order valence-electron chi connectivity index (χ1n) is 12.7. The number of carbonyl (C=O) groups excluding carboxylic acids is 3. The highest BCUT2D eigenvalue weighted by Gasteiger charge is 2.28. The van der Waals surface area contributed by atoms with Crippen LogP contribution in [0.3, 0.4) is 0 Å². The van der Waals surface area contributed by atoms with Crippen molar-refractivity contribution < 1.29 is 24.2 Å². The van der Waals surface area contributed by atoms with Crippen LogP contribution in [0.5, 0.6) is 0 Å². The third-order valence-electron chi connectivity index (χ3n) is 6.83. The van der Waals surface area contributed by atoms with Gasteiger partial charge in [-0.3, -0.25) is 19.3 Å². The predicted octanol–water partition coefficient (Wildman–Crippen LogP) is 2.17. The summed E-state index contributed by atoms with van der Waals surface area (Å²) < 4.78 is 5.58. The molecule has 1 aromatic carbocycles. The number of rotatable bonds is 11. The van der Waals surface area contributed by atoms with E-state index in [0.717, 1.165) is 37.8 Å². The molecule has 2 unspecified atom stereocenters. The molecule has 2 atom stereocenters. The van der Waals surface area contributed by atoms with Crippen molar-refractivity contribution in [2.45, 2.75) is 44.2 Å². The van der Waals surface area contributed by atoms with E-state index in [9.17, 15) is 19.5 Å². The molecule has 0 bridgehead atoms. The van der Waals surface area contributed by atoms with E-state index in [-0.39, 0.29) is 37.2 Å². The normalized spacial score (nSPS) is 21.4. The van der Waals surface area contributed by atoms with Crippen molar-refractivity contribution in [2.24, 2.45) is 5.73 Å². The van der Waals surface area contributed by atoms with Gasteiger partial charge < -0.3 is 25.4 Å². The average molecular weight is 556 g/mol. The summed E-state index contributed by atoms with van der Waals surface area (Å²) in [6.07, 6.45) is 6.68. The molecular weight excluding hydrogens is 519 g/mol. The minimum absolute atomic E-state index is 0.0508. The molecule has 0 aromatic heterocycles.